The van der Waals surface area contributed by atoms with E-state index in [-0.39, 0.29) is 11.8 Å². The molecule has 170 valence electrons. The number of fused-ring (bicyclic) bond motifs is 1. The average Bonchev–Trinajstić information content (AvgIpc) is 3.29. The molecule has 0 aromatic carbocycles. The number of nitrogens with one attached hydrogen (secondary N) is 1. The number of carbonyl (C=O) groups is 2. The maximum Gasteiger partial charge on any atom is 0.490 e. The molecule has 2 N–H and O–H groups in total. The number of carboxylic acid groups (broad SMARTS) is 1. The first-order valence-electron chi connectivity index (χ1n) is 9.97. The topological polar surface area (TPSA) is 87.5 Å². The third kappa shape index (κ3) is 6.07. The van der Waals surface area contributed by atoms with Crippen molar-refractivity contribution in [3.63, 3.8) is 0 Å². The molecule has 1 saturated carbocycles. The lowest BCUT2D eigenvalue weighted by molar-refractivity contribution is -0.192. The smallest absolute Gasteiger partial charge is 0.475 e. The van der Waals surface area contributed by atoms with Gasteiger partial charge in [-0.1, -0.05) is 12.5 Å². The van der Waals surface area contributed by atoms with Gasteiger partial charge in [-0.3, -0.25) is 9.69 Å². The lowest BCUT2D eigenvalue weighted by atomic mass is 9.85. The molecule has 0 bridgehead atoms. The van der Waals surface area contributed by atoms with Gasteiger partial charge in [-0.25, -0.2) is 9.78 Å². The Morgan fingerprint density at radius 3 is 2.61 bits per heavy atom. The van der Waals surface area contributed by atoms with E-state index in [0.29, 0.717) is 5.92 Å². The summed E-state index contributed by atoms with van der Waals surface area (Å²) in [4.78, 5) is 29.9. The molecule has 1 atom stereocenters. The van der Waals surface area contributed by atoms with Crippen molar-refractivity contribution in [2.45, 2.75) is 44.4 Å². The monoisotopic (exact) mass is 458 g/mol. The summed E-state index contributed by atoms with van der Waals surface area (Å²) in [5.41, 5.74) is 2.13. The molecule has 1 unspecified atom stereocenters. The molecule has 0 saturated heterocycles. The number of amides is 1. The first-order chi connectivity index (χ1) is 14.6. The molecule has 7 nitrogen and oxygen atoms in total. The van der Waals surface area contributed by atoms with Gasteiger partial charge in [0.25, 0.3) is 0 Å². The third-order valence-electron chi connectivity index (χ3n) is 5.51. The number of thiophene rings is 1. The van der Waals surface area contributed by atoms with Gasteiger partial charge in [0.1, 0.15) is 0 Å². The second-order valence-corrected chi connectivity index (χ2v) is 8.87. The fourth-order valence-corrected chi connectivity index (χ4v) is 4.44. The predicted octanol–water partition coefficient (Wildman–Crippen LogP) is 3.13. The molecule has 4 rings (SSSR count). The van der Waals surface area contributed by atoms with E-state index in [1.165, 1.54) is 24.1 Å². The fraction of sp³-hybridized carbons (Fsp3) is 0.550. The summed E-state index contributed by atoms with van der Waals surface area (Å²) in [6, 6.07) is 4.24. The minimum Gasteiger partial charge on any atom is -0.475 e. The maximum absolute atomic E-state index is 12.8. The van der Waals surface area contributed by atoms with Crippen molar-refractivity contribution < 1.29 is 27.9 Å². The van der Waals surface area contributed by atoms with Crippen LogP contribution >= 0.6 is 11.3 Å². The van der Waals surface area contributed by atoms with Gasteiger partial charge in [-0.05, 0) is 30.2 Å². The van der Waals surface area contributed by atoms with Crippen molar-refractivity contribution in [1.82, 2.24) is 19.8 Å². The molecular weight excluding hydrogens is 433 g/mol. The predicted molar refractivity (Wildman–Crippen MR) is 108 cm³/mol. The summed E-state index contributed by atoms with van der Waals surface area (Å²) >= 11 is 1.77. The van der Waals surface area contributed by atoms with E-state index in [1.807, 2.05) is 17.9 Å². The molecule has 1 amide bonds. The van der Waals surface area contributed by atoms with E-state index in [9.17, 15) is 18.0 Å². The van der Waals surface area contributed by atoms with Crippen LogP contribution in [0.2, 0.25) is 0 Å². The van der Waals surface area contributed by atoms with Crippen LogP contribution in [0.5, 0.6) is 0 Å². The Kier molecular flexibility index (Phi) is 7.37. The quantitative estimate of drug-likeness (QED) is 0.719. The molecule has 2 aromatic heterocycles. The lowest BCUT2D eigenvalue weighted by Gasteiger charge is -2.33. The SMILES string of the molecule is Cn1cnc2c1C(C(=O)NCC1CCC1)CN(Cc1cccs1)C2.O=C(O)C(F)(F)F. The highest BCUT2D eigenvalue weighted by Crippen LogP contribution is 2.30. The summed E-state index contributed by atoms with van der Waals surface area (Å²) in [5, 5.41) is 12.4. The summed E-state index contributed by atoms with van der Waals surface area (Å²) in [6.45, 7) is 3.30. The third-order valence-corrected chi connectivity index (χ3v) is 6.38. The van der Waals surface area contributed by atoms with Crippen LogP contribution in [0, 0.1) is 5.92 Å². The number of aliphatic carboxylic acids is 1. The molecule has 1 fully saturated rings. The number of alkyl halides is 3. The molecule has 11 heteroatoms. The highest BCUT2D eigenvalue weighted by atomic mass is 32.1. The summed E-state index contributed by atoms with van der Waals surface area (Å²) < 4.78 is 33.8. The zero-order valence-electron chi connectivity index (χ0n) is 17.1. The van der Waals surface area contributed by atoms with Gasteiger partial charge >= 0.3 is 12.1 Å². The Morgan fingerprint density at radius 1 is 1.35 bits per heavy atom. The van der Waals surface area contributed by atoms with Gasteiger partial charge in [0.15, 0.2) is 0 Å². The zero-order chi connectivity index (χ0) is 22.6. The molecule has 1 aliphatic carbocycles. The van der Waals surface area contributed by atoms with Crippen molar-refractivity contribution >= 4 is 23.2 Å². The summed E-state index contributed by atoms with van der Waals surface area (Å²) in [6.07, 6.45) is 0.578. The normalized spacial score (nSPS) is 19.0. The molecule has 0 spiro atoms. The van der Waals surface area contributed by atoms with Crippen molar-refractivity contribution in [3.8, 4) is 0 Å². The zero-order valence-corrected chi connectivity index (χ0v) is 17.9. The second-order valence-electron chi connectivity index (χ2n) is 7.83. The molecule has 2 aliphatic rings. The number of aromatic nitrogens is 2. The number of nitrogens with zero attached hydrogens (tertiary/aromatic N) is 3. The van der Waals surface area contributed by atoms with E-state index in [0.717, 1.165) is 37.6 Å². The van der Waals surface area contributed by atoms with E-state index >= 15 is 0 Å². The molecule has 1 aliphatic heterocycles. The molecule has 31 heavy (non-hydrogen) atoms. The van der Waals surface area contributed by atoms with E-state index in [1.54, 1.807) is 11.3 Å². The van der Waals surface area contributed by atoms with Crippen molar-refractivity contribution in [2.24, 2.45) is 13.0 Å². The molecular formula is C20H25F3N4O3S. The van der Waals surface area contributed by atoms with Crippen LogP contribution in [-0.4, -0.2) is 50.7 Å². The number of imidazole rings is 1. The summed E-state index contributed by atoms with van der Waals surface area (Å²) in [5.74, 6) is -2.04. The summed E-state index contributed by atoms with van der Waals surface area (Å²) in [7, 11) is 1.99. The minimum absolute atomic E-state index is 0.124. The van der Waals surface area contributed by atoms with Crippen molar-refractivity contribution in [3.05, 3.63) is 40.1 Å². The van der Waals surface area contributed by atoms with Crippen LogP contribution in [0.4, 0.5) is 13.2 Å². The van der Waals surface area contributed by atoms with Gasteiger partial charge < -0.3 is 15.0 Å². The largest absolute Gasteiger partial charge is 0.490 e. The highest BCUT2D eigenvalue weighted by Gasteiger charge is 2.38. The number of hydrogen-bond donors (Lipinski definition) is 2. The van der Waals surface area contributed by atoms with Gasteiger partial charge in [0.05, 0.1) is 23.6 Å². The van der Waals surface area contributed by atoms with Gasteiger partial charge in [0.2, 0.25) is 5.91 Å². The lowest BCUT2D eigenvalue weighted by Crippen LogP contribution is -2.43. The number of aryl methyl sites for hydroxylation is 1. The van der Waals surface area contributed by atoms with Crippen LogP contribution in [0.1, 0.15) is 41.4 Å². The second kappa shape index (κ2) is 9.82. The van der Waals surface area contributed by atoms with E-state index in [4.69, 9.17) is 9.90 Å². The minimum atomic E-state index is -5.08. The average molecular weight is 459 g/mol. The Morgan fingerprint density at radius 2 is 2.06 bits per heavy atom. The van der Waals surface area contributed by atoms with Crippen LogP contribution in [0.25, 0.3) is 0 Å². The van der Waals surface area contributed by atoms with E-state index < -0.39 is 12.1 Å². The van der Waals surface area contributed by atoms with Gasteiger partial charge in [-0.15, -0.1) is 11.3 Å². The number of carbonyl (C=O) groups excluding carboxylic acids is 1. The van der Waals surface area contributed by atoms with Crippen molar-refractivity contribution in [2.75, 3.05) is 13.1 Å². The molecule has 3 heterocycles. The van der Waals surface area contributed by atoms with Crippen LogP contribution in [0.3, 0.4) is 0 Å². The Hall–Kier alpha value is -2.40. The Labute approximate surface area is 181 Å². The molecule has 2 aromatic rings. The van der Waals surface area contributed by atoms with Crippen molar-refractivity contribution in [1.29, 1.82) is 0 Å². The standard InChI is InChI=1S/C18H24N4OS.C2HF3O2/c1-21-12-20-16-11-22(9-14-6-3-7-24-14)10-15(17(16)21)18(23)19-8-13-4-2-5-13;3-2(4,5)1(6)7/h3,6-7,12-13,15H,2,4-5,8-11H2,1H3,(H,19,23);(H,6,7). The fourth-order valence-electron chi connectivity index (χ4n) is 3.69. The Balaban J connectivity index is 0.000000339. The van der Waals surface area contributed by atoms with Crippen LogP contribution in [-0.2, 0) is 29.7 Å². The first kappa shape index (κ1) is 23.3. The first-order valence-corrected chi connectivity index (χ1v) is 10.9. The molecule has 0 radical (unpaired) electrons. The van der Waals surface area contributed by atoms with Gasteiger partial charge in [-0.2, -0.15) is 13.2 Å². The number of carboxylic acids is 1. The van der Waals surface area contributed by atoms with Crippen LogP contribution in [0.15, 0.2) is 23.8 Å². The van der Waals surface area contributed by atoms with E-state index in [2.05, 4.69) is 32.7 Å². The highest BCUT2D eigenvalue weighted by molar-refractivity contribution is 7.09. The maximum atomic E-state index is 12.8. The number of hydrogen-bond acceptors (Lipinski definition) is 5. The van der Waals surface area contributed by atoms with Crippen LogP contribution < -0.4 is 5.32 Å². The number of rotatable bonds is 5. The van der Waals surface area contributed by atoms with Gasteiger partial charge in [0, 0.05) is 38.1 Å². The number of halogens is 3. The Bertz CT molecular complexity index is 894.